The highest BCUT2D eigenvalue weighted by Gasteiger charge is 2.15. The second-order valence-corrected chi connectivity index (χ2v) is 6.07. The summed E-state index contributed by atoms with van der Waals surface area (Å²) < 4.78 is 0. The zero-order valence-electron chi connectivity index (χ0n) is 15.1. The predicted molar refractivity (Wildman–Crippen MR) is 103 cm³/mol. The van der Waals surface area contributed by atoms with Gasteiger partial charge in [0, 0.05) is 30.8 Å². The molecule has 0 fully saturated rings. The van der Waals surface area contributed by atoms with Crippen LogP contribution in [0.2, 0.25) is 0 Å². The molecule has 1 atom stereocenters. The first kappa shape index (κ1) is 20.0. The van der Waals surface area contributed by atoms with Crippen molar-refractivity contribution in [3.63, 3.8) is 0 Å². The van der Waals surface area contributed by atoms with E-state index in [2.05, 4.69) is 16.0 Å². The predicted octanol–water partition coefficient (Wildman–Crippen LogP) is 2.64. The second kappa shape index (κ2) is 9.96. The molecule has 4 N–H and O–H groups in total. The average molecular weight is 369 g/mol. The normalized spacial score (nSPS) is 11.3. The van der Waals surface area contributed by atoms with Crippen LogP contribution in [0.1, 0.15) is 28.8 Å². The van der Waals surface area contributed by atoms with Gasteiger partial charge in [-0.15, -0.1) is 0 Å². The van der Waals surface area contributed by atoms with E-state index in [0.29, 0.717) is 24.1 Å². The van der Waals surface area contributed by atoms with Gasteiger partial charge in [-0.25, -0.2) is 4.79 Å². The number of anilines is 1. The third kappa shape index (κ3) is 6.81. The van der Waals surface area contributed by atoms with Gasteiger partial charge in [0.15, 0.2) is 0 Å². The molecule has 2 aromatic carbocycles. The van der Waals surface area contributed by atoms with Crippen molar-refractivity contribution in [1.82, 2.24) is 10.6 Å². The molecule has 0 saturated carbocycles. The molecule has 0 saturated heterocycles. The Morgan fingerprint density at radius 3 is 2.26 bits per heavy atom. The number of urea groups is 1. The summed E-state index contributed by atoms with van der Waals surface area (Å²) in [4.78, 5) is 34.7. The van der Waals surface area contributed by atoms with E-state index in [0.717, 1.165) is 5.56 Å². The van der Waals surface area contributed by atoms with E-state index in [9.17, 15) is 14.4 Å². The van der Waals surface area contributed by atoms with Crippen molar-refractivity contribution in [1.29, 1.82) is 0 Å². The van der Waals surface area contributed by atoms with Gasteiger partial charge in [0.2, 0.25) is 0 Å². The van der Waals surface area contributed by atoms with Crippen LogP contribution in [-0.4, -0.2) is 36.1 Å². The van der Waals surface area contributed by atoms with Crippen LogP contribution < -0.4 is 16.0 Å². The Morgan fingerprint density at radius 2 is 1.67 bits per heavy atom. The van der Waals surface area contributed by atoms with Crippen LogP contribution in [0, 0.1) is 0 Å². The maximum absolute atomic E-state index is 12.3. The van der Waals surface area contributed by atoms with Crippen molar-refractivity contribution in [2.75, 3.05) is 12.4 Å². The molecule has 142 valence electrons. The lowest BCUT2D eigenvalue weighted by molar-refractivity contribution is -0.137. The molecular formula is C20H23N3O4. The maximum Gasteiger partial charge on any atom is 0.319 e. The van der Waals surface area contributed by atoms with Gasteiger partial charge in [-0.1, -0.05) is 30.3 Å². The minimum atomic E-state index is -0.903. The first-order valence-corrected chi connectivity index (χ1v) is 8.63. The number of amides is 3. The third-order valence-corrected chi connectivity index (χ3v) is 4.00. The fourth-order valence-electron chi connectivity index (χ4n) is 2.62. The lowest BCUT2D eigenvalue weighted by atomic mass is 10.0. The van der Waals surface area contributed by atoms with E-state index < -0.39 is 12.0 Å². The maximum atomic E-state index is 12.3. The molecule has 27 heavy (non-hydrogen) atoms. The molecule has 2 rings (SSSR count). The smallest absolute Gasteiger partial charge is 0.319 e. The van der Waals surface area contributed by atoms with Crippen LogP contribution in [0.3, 0.4) is 0 Å². The number of aliphatic carboxylic acids is 1. The standard InChI is InChI=1S/C20H23N3O4/c1-21-19(26)15-7-9-16(10-8-15)22-20(27)23-17(11-12-18(24)25)13-14-5-3-2-4-6-14/h2-10,17H,11-13H2,1H3,(H,21,26)(H,24,25)(H2,22,23,27). The number of carboxylic acid groups (broad SMARTS) is 1. The summed E-state index contributed by atoms with van der Waals surface area (Å²) >= 11 is 0. The molecule has 0 spiro atoms. The van der Waals surface area contributed by atoms with E-state index >= 15 is 0 Å². The largest absolute Gasteiger partial charge is 0.481 e. The van der Waals surface area contributed by atoms with E-state index in [-0.39, 0.29) is 18.4 Å². The van der Waals surface area contributed by atoms with Crippen LogP contribution in [-0.2, 0) is 11.2 Å². The van der Waals surface area contributed by atoms with Gasteiger partial charge in [0.05, 0.1) is 0 Å². The van der Waals surface area contributed by atoms with Gasteiger partial charge in [0.25, 0.3) is 5.91 Å². The van der Waals surface area contributed by atoms with E-state index in [1.807, 2.05) is 30.3 Å². The SMILES string of the molecule is CNC(=O)c1ccc(NC(=O)NC(CCC(=O)O)Cc2ccccc2)cc1. The summed E-state index contributed by atoms with van der Waals surface area (Å²) in [6.07, 6.45) is 0.836. The Balaban J connectivity index is 1.97. The van der Waals surface area contributed by atoms with Gasteiger partial charge >= 0.3 is 12.0 Å². The first-order chi connectivity index (χ1) is 13.0. The van der Waals surface area contributed by atoms with Crippen LogP contribution in [0.4, 0.5) is 10.5 Å². The molecule has 3 amide bonds. The number of carbonyl (C=O) groups excluding carboxylic acids is 2. The van der Waals surface area contributed by atoms with Crippen molar-refractivity contribution in [2.45, 2.75) is 25.3 Å². The van der Waals surface area contributed by atoms with Crippen molar-refractivity contribution in [2.24, 2.45) is 0 Å². The molecule has 7 heteroatoms. The highest BCUT2D eigenvalue weighted by Crippen LogP contribution is 2.11. The minimum absolute atomic E-state index is 0.0292. The Hall–Kier alpha value is -3.35. The molecular weight excluding hydrogens is 346 g/mol. The number of hydrogen-bond acceptors (Lipinski definition) is 3. The molecule has 0 bridgehead atoms. The average Bonchev–Trinajstić information content (AvgIpc) is 2.66. The molecule has 0 heterocycles. The summed E-state index contributed by atoms with van der Waals surface area (Å²) in [6.45, 7) is 0. The minimum Gasteiger partial charge on any atom is -0.481 e. The molecule has 1 unspecified atom stereocenters. The lowest BCUT2D eigenvalue weighted by Crippen LogP contribution is -2.39. The monoisotopic (exact) mass is 369 g/mol. The van der Waals surface area contributed by atoms with Crippen LogP contribution in [0.25, 0.3) is 0 Å². The fourth-order valence-corrected chi connectivity index (χ4v) is 2.62. The van der Waals surface area contributed by atoms with Crippen LogP contribution in [0.15, 0.2) is 54.6 Å². The van der Waals surface area contributed by atoms with Crippen molar-refractivity contribution in [3.05, 3.63) is 65.7 Å². The number of carbonyl (C=O) groups is 3. The van der Waals surface area contributed by atoms with Gasteiger partial charge in [-0.05, 0) is 42.7 Å². The molecule has 2 aromatic rings. The van der Waals surface area contributed by atoms with Gasteiger partial charge < -0.3 is 21.1 Å². The first-order valence-electron chi connectivity index (χ1n) is 8.63. The Morgan fingerprint density at radius 1 is 1.00 bits per heavy atom. The summed E-state index contributed by atoms with van der Waals surface area (Å²) in [5.41, 5.74) is 2.05. The molecule has 7 nitrogen and oxygen atoms in total. The van der Waals surface area contributed by atoms with Crippen molar-refractivity contribution < 1.29 is 19.5 Å². The molecule has 0 aliphatic carbocycles. The summed E-state index contributed by atoms with van der Waals surface area (Å²) in [6, 6.07) is 15.3. The second-order valence-electron chi connectivity index (χ2n) is 6.07. The molecule has 0 radical (unpaired) electrons. The molecule has 0 aliphatic heterocycles. The Kier molecular flexibility index (Phi) is 7.37. The van der Waals surface area contributed by atoms with E-state index in [1.54, 1.807) is 31.3 Å². The van der Waals surface area contributed by atoms with Gasteiger partial charge in [-0.3, -0.25) is 9.59 Å². The van der Waals surface area contributed by atoms with Crippen LogP contribution >= 0.6 is 0 Å². The fraction of sp³-hybridized carbons (Fsp3) is 0.250. The Bertz CT molecular complexity index is 776. The highest BCUT2D eigenvalue weighted by molar-refractivity contribution is 5.95. The molecule has 0 aliphatic rings. The number of nitrogens with one attached hydrogen (secondary N) is 3. The van der Waals surface area contributed by atoms with E-state index in [4.69, 9.17) is 5.11 Å². The van der Waals surface area contributed by atoms with Gasteiger partial charge in [-0.2, -0.15) is 0 Å². The van der Waals surface area contributed by atoms with Gasteiger partial charge in [0.1, 0.15) is 0 Å². The third-order valence-electron chi connectivity index (χ3n) is 4.00. The summed E-state index contributed by atoms with van der Waals surface area (Å²) in [5, 5.41) is 17.0. The zero-order valence-corrected chi connectivity index (χ0v) is 15.1. The highest BCUT2D eigenvalue weighted by atomic mass is 16.4. The summed E-state index contributed by atoms with van der Waals surface area (Å²) in [7, 11) is 1.55. The van der Waals surface area contributed by atoms with Crippen molar-refractivity contribution in [3.8, 4) is 0 Å². The van der Waals surface area contributed by atoms with Crippen molar-refractivity contribution >= 4 is 23.6 Å². The Labute approximate surface area is 157 Å². The number of hydrogen-bond donors (Lipinski definition) is 4. The lowest BCUT2D eigenvalue weighted by Gasteiger charge is -2.19. The quantitative estimate of drug-likeness (QED) is 0.574. The number of carboxylic acids is 1. The number of rotatable bonds is 8. The number of benzene rings is 2. The van der Waals surface area contributed by atoms with Crippen LogP contribution in [0.5, 0.6) is 0 Å². The van der Waals surface area contributed by atoms with E-state index in [1.165, 1.54) is 0 Å². The molecule has 0 aromatic heterocycles. The topological polar surface area (TPSA) is 108 Å². The zero-order chi connectivity index (χ0) is 19.6. The summed E-state index contributed by atoms with van der Waals surface area (Å²) in [5.74, 6) is -1.11.